The van der Waals surface area contributed by atoms with Gasteiger partial charge in [0, 0.05) is 31.6 Å². The number of benzene rings is 1. The summed E-state index contributed by atoms with van der Waals surface area (Å²) in [5.41, 5.74) is 2.50. The number of methoxy groups -OCH3 is 1. The van der Waals surface area contributed by atoms with Crippen LogP contribution in [0.25, 0.3) is 0 Å². The number of fused-ring (bicyclic) bond motifs is 1. The minimum atomic E-state index is -3.56. The van der Waals surface area contributed by atoms with Crippen LogP contribution in [-0.2, 0) is 32.2 Å². The number of nitrogens with one attached hydrogen (secondary N) is 2. The Morgan fingerprint density at radius 1 is 1.12 bits per heavy atom. The number of anilines is 1. The molecule has 1 aliphatic rings. The number of sulfone groups is 1. The zero-order valence-corrected chi connectivity index (χ0v) is 20.2. The molecule has 0 saturated carbocycles. The number of thiophene rings is 1. The minimum absolute atomic E-state index is 0.173. The zero-order valence-electron chi connectivity index (χ0n) is 18.5. The summed E-state index contributed by atoms with van der Waals surface area (Å²) in [5.74, 6) is -0.901. The number of amides is 2. The molecule has 1 aromatic heterocycles. The van der Waals surface area contributed by atoms with Crippen LogP contribution in [0.1, 0.15) is 52.0 Å². The van der Waals surface area contributed by atoms with Crippen molar-refractivity contribution in [2.45, 2.75) is 50.3 Å². The molecule has 0 fully saturated rings. The van der Waals surface area contributed by atoms with E-state index in [1.54, 1.807) is 31.4 Å². The molecule has 3 rings (SSSR count). The lowest BCUT2D eigenvalue weighted by atomic mass is 9.95. The molecule has 0 saturated heterocycles. The quantitative estimate of drug-likeness (QED) is 0.509. The molecule has 1 heterocycles. The van der Waals surface area contributed by atoms with E-state index in [4.69, 9.17) is 4.74 Å². The van der Waals surface area contributed by atoms with Gasteiger partial charge in [0.25, 0.3) is 5.91 Å². The Morgan fingerprint density at radius 3 is 2.56 bits per heavy atom. The standard InChI is InChI=1S/C23H30N2O5S2/c1-16-8-10-17(11-9-16)32(28,29)15-12-20(26)25-23-21(22(27)24-13-5-14-30-2)18-6-3-4-7-19(18)31-23/h8-11H,3-7,12-15H2,1-2H3,(H,24,27)(H,25,26). The van der Waals surface area contributed by atoms with Crippen LogP contribution >= 0.6 is 11.3 Å². The van der Waals surface area contributed by atoms with Crippen molar-refractivity contribution < 1.29 is 22.7 Å². The van der Waals surface area contributed by atoms with Crippen LogP contribution in [0.3, 0.4) is 0 Å². The Morgan fingerprint density at radius 2 is 1.84 bits per heavy atom. The van der Waals surface area contributed by atoms with Crippen molar-refractivity contribution in [2.24, 2.45) is 0 Å². The first-order chi connectivity index (χ1) is 15.3. The van der Waals surface area contributed by atoms with E-state index in [9.17, 15) is 18.0 Å². The summed E-state index contributed by atoms with van der Waals surface area (Å²) in [6.45, 7) is 2.93. The van der Waals surface area contributed by atoms with Crippen molar-refractivity contribution >= 4 is 38.0 Å². The maximum absolute atomic E-state index is 12.9. The van der Waals surface area contributed by atoms with Gasteiger partial charge < -0.3 is 15.4 Å². The van der Waals surface area contributed by atoms with Gasteiger partial charge in [-0.25, -0.2) is 8.42 Å². The molecule has 0 unspecified atom stereocenters. The lowest BCUT2D eigenvalue weighted by Gasteiger charge is -2.13. The molecule has 0 spiro atoms. The minimum Gasteiger partial charge on any atom is -0.385 e. The van der Waals surface area contributed by atoms with Gasteiger partial charge in [-0.1, -0.05) is 17.7 Å². The van der Waals surface area contributed by atoms with Gasteiger partial charge in [0.15, 0.2) is 9.84 Å². The van der Waals surface area contributed by atoms with E-state index in [1.165, 1.54) is 11.3 Å². The molecule has 174 valence electrons. The fourth-order valence-corrected chi connectivity index (χ4v) is 6.22. The van der Waals surface area contributed by atoms with E-state index < -0.39 is 15.7 Å². The molecule has 2 aromatic rings. The highest BCUT2D eigenvalue weighted by atomic mass is 32.2. The average molecular weight is 479 g/mol. The summed E-state index contributed by atoms with van der Waals surface area (Å²) >= 11 is 1.43. The number of rotatable bonds is 10. The molecule has 2 N–H and O–H groups in total. The maximum atomic E-state index is 12.9. The summed E-state index contributed by atoms with van der Waals surface area (Å²) < 4.78 is 30.1. The molecule has 1 aromatic carbocycles. The van der Waals surface area contributed by atoms with E-state index in [1.807, 2.05) is 6.92 Å². The van der Waals surface area contributed by atoms with Crippen LogP contribution in [0.4, 0.5) is 5.00 Å². The van der Waals surface area contributed by atoms with E-state index in [0.717, 1.165) is 41.7 Å². The second-order valence-electron chi connectivity index (χ2n) is 7.95. The third-order valence-electron chi connectivity index (χ3n) is 5.44. The van der Waals surface area contributed by atoms with Crippen molar-refractivity contribution in [1.29, 1.82) is 0 Å². The first-order valence-corrected chi connectivity index (χ1v) is 13.3. The van der Waals surface area contributed by atoms with Crippen molar-refractivity contribution in [3.63, 3.8) is 0 Å². The molecule has 0 radical (unpaired) electrons. The van der Waals surface area contributed by atoms with Gasteiger partial charge in [-0.2, -0.15) is 0 Å². The zero-order chi connectivity index (χ0) is 23.1. The molecule has 0 aliphatic heterocycles. The van der Waals surface area contributed by atoms with Crippen molar-refractivity contribution in [3.8, 4) is 0 Å². The monoisotopic (exact) mass is 478 g/mol. The smallest absolute Gasteiger partial charge is 0.254 e. The first-order valence-electron chi connectivity index (χ1n) is 10.8. The average Bonchev–Trinajstić information content (AvgIpc) is 3.13. The predicted molar refractivity (Wildman–Crippen MR) is 126 cm³/mol. The number of aryl methyl sites for hydroxylation is 2. The molecule has 1 aliphatic carbocycles. The van der Waals surface area contributed by atoms with E-state index in [0.29, 0.717) is 30.1 Å². The molecule has 2 amide bonds. The molecular formula is C23H30N2O5S2. The Hall–Kier alpha value is -2.23. The Kier molecular flexibility index (Phi) is 8.44. The largest absolute Gasteiger partial charge is 0.385 e. The molecular weight excluding hydrogens is 448 g/mol. The van der Waals surface area contributed by atoms with Gasteiger partial charge in [-0.3, -0.25) is 9.59 Å². The normalized spacial score (nSPS) is 13.4. The third kappa shape index (κ3) is 6.17. The Labute approximate surface area is 193 Å². The van der Waals surface area contributed by atoms with Crippen LogP contribution in [0.5, 0.6) is 0 Å². The summed E-state index contributed by atoms with van der Waals surface area (Å²) in [4.78, 5) is 26.8. The van der Waals surface area contributed by atoms with E-state index >= 15 is 0 Å². The summed E-state index contributed by atoms with van der Waals surface area (Å²) in [6.07, 6.45) is 4.30. The number of carbonyl (C=O) groups is 2. The molecule has 32 heavy (non-hydrogen) atoms. The second kappa shape index (κ2) is 11.1. The number of carbonyl (C=O) groups excluding carboxylic acids is 2. The van der Waals surface area contributed by atoms with E-state index in [-0.39, 0.29) is 23.0 Å². The number of hydrogen-bond donors (Lipinski definition) is 2. The highest BCUT2D eigenvalue weighted by Crippen LogP contribution is 2.38. The van der Waals surface area contributed by atoms with Gasteiger partial charge in [0.05, 0.1) is 16.2 Å². The lowest BCUT2D eigenvalue weighted by Crippen LogP contribution is -2.27. The lowest BCUT2D eigenvalue weighted by molar-refractivity contribution is -0.115. The molecule has 7 nitrogen and oxygen atoms in total. The van der Waals surface area contributed by atoms with Crippen LogP contribution in [0, 0.1) is 6.92 Å². The number of hydrogen-bond acceptors (Lipinski definition) is 6. The topological polar surface area (TPSA) is 102 Å². The van der Waals surface area contributed by atoms with Gasteiger partial charge in [0.2, 0.25) is 5.91 Å². The highest BCUT2D eigenvalue weighted by Gasteiger charge is 2.26. The van der Waals surface area contributed by atoms with Gasteiger partial charge in [-0.05, 0) is 56.7 Å². The maximum Gasteiger partial charge on any atom is 0.254 e. The van der Waals surface area contributed by atoms with Crippen LogP contribution in [0.15, 0.2) is 29.2 Å². The van der Waals surface area contributed by atoms with Crippen LogP contribution < -0.4 is 10.6 Å². The van der Waals surface area contributed by atoms with Crippen LogP contribution in [-0.4, -0.2) is 46.2 Å². The summed E-state index contributed by atoms with van der Waals surface area (Å²) in [7, 11) is -1.94. The van der Waals surface area contributed by atoms with E-state index in [2.05, 4.69) is 10.6 Å². The fraction of sp³-hybridized carbons (Fsp3) is 0.478. The van der Waals surface area contributed by atoms with Crippen molar-refractivity contribution in [2.75, 3.05) is 31.3 Å². The fourth-order valence-electron chi connectivity index (χ4n) is 3.68. The highest BCUT2D eigenvalue weighted by molar-refractivity contribution is 7.91. The second-order valence-corrected chi connectivity index (χ2v) is 11.2. The van der Waals surface area contributed by atoms with Gasteiger partial charge >= 0.3 is 0 Å². The molecule has 9 heteroatoms. The third-order valence-corrected chi connectivity index (χ3v) is 8.38. The molecule has 0 atom stereocenters. The Bertz CT molecular complexity index is 1060. The predicted octanol–water partition coefficient (Wildman–Crippen LogP) is 3.50. The molecule has 0 bridgehead atoms. The van der Waals surface area contributed by atoms with Crippen molar-refractivity contribution in [3.05, 3.63) is 45.8 Å². The SMILES string of the molecule is COCCCNC(=O)c1c(NC(=O)CCS(=O)(=O)c2ccc(C)cc2)sc2c1CCCC2. The summed E-state index contributed by atoms with van der Waals surface area (Å²) in [6, 6.07) is 6.59. The van der Waals surface area contributed by atoms with Crippen LogP contribution in [0.2, 0.25) is 0 Å². The summed E-state index contributed by atoms with van der Waals surface area (Å²) in [5, 5.41) is 6.23. The first kappa shape index (κ1) is 24.4. The van der Waals surface area contributed by atoms with Gasteiger partial charge in [0.1, 0.15) is 5.00 Å². The Balaban J connectivity index is 1.69. The van der Waals surface area contributed by atoms with Gasteiger partial charge in [-0.15, -0.1) is 11.3 Å². The number of ether oxygens (including phenoxy) is 1. The van der Waals surface area contributed by atoms with Crippen molar-refractivity contribution in [1.82, 2.24) is 5.32 Å².